The number of hydrogen-bond acceptors (Lipinski definition) is 5. The van der Waals surface area contributed by atoms with Crippen LogP contribution in [0.1, 0.15) is 72.8 Å². The minimum absolute atomic E-state index is 0.241. The van der Waals surface area contributed by atoms with Gasteiger partial charge < -0.3 is 18.8 Å². The lowest BCUT2D eigenvalue weighted by Gasteiger charge is -2.44. The molecule has 0 aliphatic carbocycles. The zero-order valence-electron chi connectivity index (χ0n) is 19.3. The number of ether oxygens (including phenoxy) is 2. The van der Waals surface area contributed by atoms with Gasteiger partial charge in [-0.25, -0.2) is 4.39 Å². The van der Waals surface area contributed by atoms with Gasteiger partial charge in [-0.1, -0.05) is 26.0 Å². The number of rotatable bonds is 5. The van der Waals surface area contributed by atoms with E-state index in [9.17, 15) is 4.79 Å². The highest BCUT2D eigenvalue weighted by molar-refractivity contribution is 6.62. The highest BCUT2D eigenvalue weighted by Gasteiger charge is 2.52. The van der Waals surface area contributed by atoms with Crippen LogP contribution < -0.4 is 5.46 Å². The average Bonchev–Trinajstić information content (AvgIpc) is 2.90. The van der Waals surface area contributed by atoms with Gasteiger partial charge in [0.25, 0.3) is 0 Å². The summed E-state index contributed by atoms with van der Waals surface area (Å²) in [6.07, 6.45) is 2.49. The number of hydrogen-bond donors (Lipinski definition) is 0. The molecule has 0 N–H and O–H groups in total. The van der Waals surface area contributed by atoms with Crippen molar-refractivity contribution in [2.45, 2.75) is 89.4 Å². The minimum atomic E-state index is -0.729. The van der Waals surface area contributed by atoms with Crippen LogP contribution in [0.3, 0.4) is 0 Å². The van der Waals surface area contributed by atoms with E-state index in [2.05, 4.69) is 6.92 Å². The Bertz CT molecular complexity index is 783. The van der Waals surface area contributed by atoms with Crippen molar-refractivity contribution in [1.82, 2.24) is 0 Å². The largest absolute Gasteiger partial charge is 0.497 e. The number of carbonyl (C=O) groups is 1. The zero-order valence-corrected chi connectivity index (χ0v) is 19.3. The topological polar surface area (TPSA) is 54.0 Å². The fourth-order valence-electron chi connectivity index (χ4n) is 4.13. The van der Waals surface area contributed by atoms with Crippen LogP contribution in [-0.4, -0.2) is 43.6 Å². The SMILES string of the molecule is CCC1(CC(=O)OC)CCC(C)(c2ccc(B3OC(C)(C)C(C)(C)O3)c(F)c2)CO1. The van der Waals surface area contributed by atoms with Crippen LogP contribution in [0.4, 0.5) is 4.39 Å². The van der Waals surface area contributed by atoms with Crippen molar-refractivity contribution in [2.24, 2.45) is 0 Å². The molecular formula is C23H34BFO5. The molecule has 0 amide bonds. The molecule has 166 valence electrons. The third-order valence-corrected chi connectivity index (χ3v) is 7.37. The van der Waals surface area contributed by atoms with Crippen LogP contribution in [0.2, 0.25) is 0 Å². The first kappa shape index (κ1) is 23.2. The van der Waals surface area contributed by atoms with Crippen molar-refractivity contribution < 1.29 is 28.0 Å². The number of esters is 1. The lowest BCUT2D eigenvalue weighted by molar-refractivity contribution is -0.158. The quantitative estimate of drug-likeness (QED) is 0.534. The van der Waals surface area contributed by atoms with Gasteiger partial charge in [0.05, 0.1) is 36.9 Å². The van der Waals surface area contributed by atoms with E-state index in [0.29, 0.717) is 12.1 Å². The van der Waals surface area contributed by atoms with Crippen LogP contribution in [0.25, 0.3) is 0 Å². The molecule has 0 aromatic heterocycles. The summed E-state index contributed by atoms with van der Waals surface area (Å²) >= 11 is 0. The maximum absolute atomic E-state index is 15.1. The van der Waals surface area contributed by atoms with Crippen molar-refractivity contribution >= 4 is 18.6 Å². The standard InChI is InChI=1S/C23H34BFO5/c1-8-23(14-19(26)27-7)12-11-22(6,15-28-23)16-9-10-17(18(25)13-16)24-29-20(2,3)21(4,5)30-24/h9-10,13H,8,11-12,14-15H2,1-7H3. The number of halogens is 1. The Labute approximate surface area is 179 Å². The second-order valence-corrected chi connectivity index (χ2v) is 9.96. The molecule has 0 radical (unpaired) electrons. The summed E-state index contributed by atoms with van der Waals surface area (Å²) in [5.41, 5.74) is -0.587. The molecule has 5 nitrogen and oxygen atoms in total. The maximum atomic E-state index is 15.1. The molecule has 2 aliphatic rings. The van der Waals surface area contributed by atoms with Gasteiger partial charge in [0.2, 0.25) is 0 Å². The highest BCUT2D eigenvalue weighted by atomic mass is 19.1. The van der Waals surface area contributed by atoms with Crippen molar-refractivity contribution in [2.75, 3.05) is 13.7 Å². The van der Waals surface area contributed by atoms with Crippen molar-refractivity contribution in [3.8, 4) is 0 Å². The van der Waals surface area contributed by atoms with Gasteiger partial charge >= 0.3 is 13.1 Å². The lowest BCUT2D eigenvalue weighted by atomic mass is 9.71. The monoisotopic (exact) mass is 420 g/mol. The molecule has 7 heteroatoms. The predicted octanol–water partition coefficient (Wildman–Crippen LogP) is 3.90. The van der Waals surface area contributed by atoms with E-state index in [1.807, 2.05) is 40.7 Å². The van der Waals surface area contributed by atoms with Crippen molar-refractivity contribution in [3.05, 3.63) is 29.6 Å². The summed E-state index contributed by atoms with van der Waals surface area (Å²) < 4.78 is 38.1. The first-order valence-electron chi connectivity index (χ1n) is 10.7. The van der Waals surface area contributed by atoms with Gasteiger partial charge in [-0.3, -0.25) is 4.79 Å². The Kier molecular flexibility index (Phi) is 6.13. The average molecular weight is 420 g/mol. The molecule has 3 rings (SSSR count). The Balaban J connectivity index is 1.76. The second kappa shape index (κ2) is 7.92. The number of benzene rings is 1. The minimum Gasteiger partial charge on any atom is -0.469 e. The van der Waals surface area contributed by atoms with E-state index < -0.39 is 23.9 Å². The predicted molar refractivity (Wildman–Crippen MR) is 114 cm³/mol. The van der Waals surface area contributed by atoms with Crippen LogP contribution in [0, 0.1) is 5.82 Å². The van der Waals surface area contributed by atoms with Crippen LogP contribution in [0.5, 0.6) is 0 Å². The molecule has 2 saturated heterocycles. The van der Waals surface area contributed by atoms with Crippen LogP contribution >= 0.6 is 0 Å². The van der Waals surface area contributed by atoms with Crippen molar-refractivity contribution in [3.63, 3.8) is 0 Å². The molecule has 1 aromatic rings. The van der Waals surface area contributed by atoms with E-state index in [1.54, 1.807) is 12.1 Å². The molecule has 2 aliphatic heterocycles. The molecule has 2 unspecified atom stereocenters. The van der Waals surface area contributed by atoms with Gasteiger partial charge in [0, 0.05) is 10.9 Å². The highest BCUT2D eigenvalue weighted by Crippen LogP contribution is 2.42. The van der Waals surface area contributed by atoms with E-state index in [1.165, 1.54) is 7.11 Å². The second-order valence-electron chi connectivity index (χ2n) is 9.96. The maximum Gasteiger partial charge on any atom is 0.497 e. The van der Waals surface area contributed by atoms with E-state index in [-0.39, 0.29) is 23.6 Å². The number of methoxy groups -OCH3 is 1. The normalized spacial score (nSPS) is 30.3. The summed E-state index contributed by atoms with van der Waals surface area (Å²) in [5, 5.41) is 0. The third-order valence-electron chi connectivity index (χ3n) is 7.37. The first-order valence-corrected chi connectivity index (χ1v) is 10.7. The molecule has 0 saturated carbocycles. The number of carbonyl (C=O) groups excluding carboxylic acids is 1. The van der Waals surface area contributed by atoms with Crippen LogP contribution in [0.15, 0.2) is 18.2 Å². The van der Waals surface area contributed by atoms with Gasteiger partial charge in [-0.05, 0) is 58.6 Å². The Hall–Kier alpha value is -1.44. The summed E-state index contributed by atoms with van der Waals surface area (Å²) in [6.45, 7) is 12.3. The van der Waals surface area contributed by atoms with Gasteiger partial charge in [-0.2, -0.15) is 0 Å². The van der Waals surface area contributed by atoms with E-state index >= 15 is 4.39 Å². The fraction of sp³-hybridized carbons (Fsp3) is 0.696. The molecule has 0 spiro atoms. The summed E-state index contributed by atoms with van der Waals surface area (Å²) in [6, 6.07) is 5.27. The first-order chi connectivity index (χ1) is 13.9. The summed E-state index contributed by atoms with van der Waals surface area (Å²) in [4.78, 5) is 11.8. The van der Waals surface area contributed by atoms with Crippen LogP contribution in [-0.2, 0) is 29.0 Å². The van der Waals surface area contributed by atoms with Gasteiger partial charge in [0.15, 0.2) is 0 Å². The van der Waals surface area contributed by atoms with E-state index in [0.717, 1.165) is 24.8 Å². The summed E-state index contributed by atoms with van der Waals surface area (Å²) in [5.74, 6) is -0.604. The smallest absolute Gasteiger partial charge is 0.469 e. The molecule has 2 fully saturated rings. The molecular weight excluding hydrogens is 386 g/mol. The Morgan fingerprint density at radius 3 is 2.23 bits per heavy atom. The van der Waals surface area contributed by atoms with Crippen molar-refractivity contribution in [1.29, 1.82) is 0 Å². The van der Waals surface area contributed by atoms with E-state index in [4.69, 9.17) is 18.8 Å². The third kappa shape index (κ3) is 4.16. The molecule has 1 aromatic carbocycles. The van der Waals surface area contributed by atoms with Gasteiger partial charge in [0.1, 0.15) is 5.82 Å². The van der Waals surface area contributed by atoms with Gasteiger partial charge in [-0.15, -0.1) is 0 Å². The molecule has 0 bridgehead atoms. The zero-order chi connectivity index (χ0) is 22.4. The molecule has 2 heterocycles. The fourth-order valence-corrected chi connectivity index (χ4v) is 4.13. The molecule has 2 atom stereocenters. The summed E-state index contributed by atoms with van der Waals surface area (Å²) in [7, 11) is 0.662. The lowest BCUT2D eigenvalue weighted by Crippen LogP contribution is -2.46. The molecule has 30 heavy (non-hydrogen) atoms. The Morgan fingerprint density at radius 1 is 1.13 bits per heavy atom. The Morgan fingerprint density at radius 2 is 1.77 bits per heavy atom.